The van der Waals surface area contributed by atoms with Gasteiger partial charge >= 0.3 is 0 Å². The maximum Gasteiger partial charge on any atom is 0.266 e. The summed E-state index contributed by atoms with van der Waals surface area (Å²) in [6.07, 6.45) is 11.5. The Morgan fingerprint density at radius 2 is 1.46 bits per heavy atom. The molecule has 4 aliphatic heterocycles. The first-order chi connectivity index (χ1) is 38.7. The minimum Gasteiger partial charge on any atom is -0.493 e. The van der Waals surface area contributed by atoms with Gasteiger partial charge in [0, 0.05) is 113 Å². The molecule has 3 saturated heterocycles. The third-order valence-corrected chi connectivity index (χ3v) is 16.1. The molecule has 3 fully saturated rings. The van der Waals surface area contributed by atoms with Gasteiger partial charge in [0.05, 0.1) is 17.7 Å². The predicted molar refractivity (Wildman–Crippen MR) is 305 cm³/mol. The second-order valence-electron chi connectivity index (χ2n) is 21.8. The van der Waals surface area contributed by atoms with Crippen molar-refractivity contribution in [2.45, 2.75) is 149 Å². The number of carbonyl (C=O) groups excluding carboxylic acids is 7. The molecule has 0 spiro atoms. The number of nitrogens with one attached hydrogen (secondary N) is 4. The summed E-state index contributed by atoms with van der Waals surface area (Å²) < 4.78 is 11.6. The molecule has 8 rings (SSSR count). The number of benzene rings is 3. The fraction of sp³-hybridized carbons (Fsp3) is 0.516. The molecule has 0 radical (unpaired) electrons. The number of piperazine rings is 1. The van der Waals surface area contributed by atoms with Gasteiger partial charge < -0.3 is 34.9 Å². The Morgan fingerprint density at radius 1 is 0.762 bits per heavy atom. The molecule has 18 nitrogen and oxygen atoms in total. The largest absolute Gasteiger partial charge is 0.493 e. The number of nitrogens with zero attached hydrogens (tertiary/aromatic N) is 4. The molecule has 4 N–H and O–H groups in total. The van der Waals surface area contributed by atoms with E-state index < -0.39 is 29.7 Å². The van der Waals surface area contributed by atoms with Crippen LogP contribution in [-0.2, 0) is 37.0 Å². The fourth-order valence-corrected chi connectivity index (χ4v) is 11.6. The highest BCUT2D eigenvalue weighted by Gasteiger charge is 2.46. The number of rotatable bonds is 26. The normalized spacial score (nSPS) is 16.9. The van der Waals surface area contributed by atoms with E-state index in [1.54, 1.807) is 12.1 Å². The van der Waals surface area contributed by atoms with Crippen LogP contribution in [0.4, 0.5) is 5.69 Å². The van der Waals surface area contributed by atoms with Crippen molar-refractivity contribution in [3.63, 3.8) is 0 Å². The molecule has 4 aromatic rings. The number of H-pyrrole nitrogens is 1. The van der Waals surface area contributed by atoms with Crippen molar-refractivity contribution in [1.29, 1.82) is 0 Å². The molecule has 1 aromatic heterocycles. The number of hydrogen-bond donors (Lipinski definition) is 4. The summed E-state index contributed by atoms with van der Waals surface area (Å²) in [6, 6.07) is 18.7. The lowest BCUT2D eigenvalue weighted by molar-refractivity contribution is -0.136. The Balaban J connectivity index is 0.688. The van der Waals surface area contributed by atoms with Crippen molar-refractivity contribution in [2.75, 3.05) is 64.0 Å². The second kappa shape index (κ2) is 28.3. The number of carbonyl (C=O) groups is 7. The van der Waals surface area contributed by atoms with Crippen LogP contribution in [0.5, 0.6) is 5.75 Å². The van der Waals surface area contributed by atoms with Crippen molar-refractivity contribution in [3.05, 3.63) is 116 Å². The summed E-state index contributed by atoms with van der Waals surface area (Å²) in [5, 5.41) is 8.18. The number of amides is 7. The van der Waals surface area contributed by atoms with E-state index in [1.165, 1.54) is 11.6 Å². The molecular formula is C62H80N8O10. The van der Waals surface area contributed by atoms with Crippen molar-refractivity contribution in [2.24, 2.45) is 0 Å². The van der Waals surface area contributed by atoms with Crippen molar-refractivity contribution in [1.82, 2.24) is 35.6 Å². The number of hydrogen-bond acceptors (Lipinski definition) is 12. The van der Waals surface area contributed by atoms with Gasteiger partial charge in [-0.05, 0) is 124 Å². The van der Waals surface area contributed by atoms with Crippen LogP contribution in [-0.4, -0.2) is 132 Å². The fourth-order valence-electron chi connectivity index (χ4n) is 11.6. The number of imide groups is 2. The van der Waals surface area contributed by atoms with Crippen molar-refractivity contribution in [3.8, 4) is 16.9 Å². The number of fused-ring (bicyclic) bond motifs is 1. The number of ether oxygens (including phenoxy) is 2. The van der Waals surface area contributed by atoms with E-state index in [2.05, 4.69) is 68.0 Å². The zero-order valence-corrected chi connectivity index (χ0v) is 47.2. The first-order valence-electron chi connectivity index (χ1n) is 29.0. The van der Waals surface area contributed by atoms with Crippen molar-refractivity contribution < 1.29 is 43.0 Å². The Bertz CT molecular complexity index is 2940. The molecule has 3 aromatic carbocycles. The zero-order chi connectivity index (χ0) is 56.7. The maximum absolute atomic E-state index is 14.0. The second-order valence-corrected chi connectivity index (χ2v) is 21.8. The van der Waals surface area contributed by atoms with Gasteiger partial charge in [-0.1, -0.05) is 68.9 Å². The SMILES string of the molecule is CCN(c1cc(-c2ccc(CN3CCN(C(=O)CCCCCCCCCCC(=O)NCCCOc4cccc5c4C(=O)N(C4CCC(=O)NC4=O)C5=O)CC3)cc2)cc(C(=O)NCc2c(C)cc(C)[nH]c2=O)c1C)C1CCOCC1. The minimum absolute atomic E-state index is 0.0207. The van der Waals surface area contributed by atoms with E-state index in [4.69, 9.17) is 9.47 Å². The number of pyridine rings is 1. The van der Waals surface area contributed by atoms with Gasteiger partial charge in [-0.25, -0.2) is 0 Å². The molecule has 80 heavy (non-hydrogen) atoms. The van der Waals surface area contributed by atoms with E-state index >= 15 is 0 Å². The molecule has 5 heterocycles. The summed E-state index contributed by atoms with van der Waals surface area (Å²) in [5.74, 6) is -2.08. The average molecular weight is 1100 g/mol. The average Bonchev–Trinajstić information content (AvgIpc) is 3.70. The highest BCUT2D eigenvalue weighted by Crippen LogP contribution is 2.36. The van der Waals surface area contributed by atoms with Gasteiger partial charge in [0.1, 0.15) is 11.8 Å². The van der Waals surface area contributed by atoms with Crippen LogP contribution in [0.3, 0.4) is 0 Å². The van der Waals surface area contributed by atoms with Gasteiger partial charge in [0.2, 0.25) is 23.6 Å². The van der Waals surface area contributed by atoms with Gasteiger partial charge in [-0.15, -0.1) is 0 Å². The molecule has 0 aliphatic carbocycles. The molecule has 0 saturated carbocycles. The lowest BCUT2D eigenvalue weighted by Crippen LogP contribution is -2.54. The quantitative estimate of drug-likeness (QED) is 0.0356. The number of aromatic amines is 1. The summed E-state index contributed by atoms with van der Waals surface area (Å²) in [4.78, 5) is 113. The zero-order valence-electron chi connectivity index (χ0n) is 47.2. The van der Waals surface area contributed by atoms with E-state index in [1.807, 2.05) is 37.8 Å². The van der Waals surface area contributed by atoms with Crippen LogP contribution in [0.25, 0.3) is 11.1 Å². The van der Waals surface area contributed by atoms with Gasteiger partial charge in [0.15, 0.2) is 0 Å². The summed E-state index contributed by atoms with van der Waals surface area (Å²) >= 11 is 0. The van der Waals surface area contributed by atoms with Crippen LogP contribution in [0.2, 0.25) is 0 Å². The summed E-state index contributed by atoms with van der Waals surface area (Å²) in [6.45, 7) is 14.8. The van der Waals surface area contributed by atoms with Crippen LogP contribution in [0.15, 0.2) is 65.5 Å². The Hall–Kier alpha value is -7.18. The van der Waals surface area contributed by atoms with E-state index in [0.717, 1.165) is 142 Å². The molecule has 1 atom stereocenters. The monoisotopic (exact) mass is 1100 g/mol. The predicted octanol–water partition coefficient (Wildman–Crippen LogP) is 7.43. The highest BCUT2D eigenvalue weighted by molar-refractivity contribution is 6.24. The molecule has 18 heteroatoms. The first-order valence-corrected chi connectivity index (χ1v) is 29.0. The maximum atomic E-state index is 14.0. The standard InChI is InChI=1S/C62H80N8O10/c1-5-69(47-26-34-79-35-27-47)52-38-46(37-49(43(52)4)58(74)64-39-50-41(2)36-42(3)65-59(50)75)45-22-20-44(21-23-45)40-67-29-31-68(32-30-67)56(73)19-13-11-9-7-6-8-10-12-18-54(71)63-28-15-33-80-53-17-14-16-48-57(53)62(78)70(61(48)77)51-24-25-55(72)66-60(51)76/h14,16-17,20-23,36-38,47,51H,5-13,15,18-19,24-35,39-40H2,1-4H3,(H,63,71)(H,64,74)(H,65,75)(H,66,72,76). The number of unbranched alkanes of at least 4 members (excludes halogenated alkanes) is 7. The topological polar surface area (TPSA) is 220 Å². The van der Waals surface area contributed by atoms with Gasteiger partial charge in [0.25, 0.3) is 23.3 Å². The lowest BCUT2D eigenvalue weighted by Gasteiger charge is -2.37. The molecule has 428 valence electrons. The van der Waals surface area contributed by atoms with E-state index in [0.29, 0.717) is 56.2 Å². The van der Waals surface area contributed by atoms with E-state index in [-0.39, 0.29) is 66.2 Å². The smallest absolute Gasteiger partial charge is 0.266 e. The molecular weight excluding hydrogens is 1020 g/mol. The van der Waals surface area contributed by atoms with Crippen LogP contribution < -0.4 is 31.1 Å². The lowest BCUT2D eigenvalue weighted by atomic mass is 9.94. The Kier molecular flexibility index (Phi) is 20.9. The Morgan fingerprint density at radius 3 is 2.15 bits per heavy atom. The minimum atomic E-state index is -1.05. The van der Waals surface area contributed by atoms with Crippen LogP contribution >= 0.6 is 0 Å². The summed E-state index contributed by atoms with van der Waals surface area (Å²) in [7, 11) is 0. The van der Waals surface area contributed by atoms with Gasteiger partial charge in [-0.2, -0.15) is 0 Å². The number of aryl methyl sites for hydroxylation is 2. The third-order valence-electron chi connectivity index (χ3n) is 16.1. The molecule has 4 aliphatic rings. The first kappa shape index (κ1) is 59.0. The highest BCUT2D eigenvalue weighted by atomic mass is 16.5. The third kappa shape index (κ3) is 15.0. The molecule has 1 unspecified atom stereocenters. The number of anilines is 1. The van der Waals surface area contributed by atoms with E-state index in [9.17, 15) is 38.4 Å². The van der Waals surface area contributed by atoms with Crippen molar-refractivity contribution >= 4 is 47.0 Å². The summed E-state index contributed by atoms with van der Waals surface area (Å²) in [5.41, 5.74) is 7.95. The van der Waals surface area contributed by atoms with Crippen LogP contribution in [0.1, 0.15) is 162 Å². The number of aromatic nitrogens is 1. The Labute approximate surface area is 469 Å². The molecule has 0 bridgehead atoms. The van der Waals surface area contributed by atoms with Gasteiger partial charge in [-0.3, -0.25) is 53.5 Å². The van der Waals surface area contributed by atoms with Crippen LogP contribution in [0, 0.1) is 20.8 Å². The number of piperidine rings is 1. The molecule has 7 amide bonds.